The number of aryl methyl sites for hydroxylation is 2. The Hall–Kier alpha value is -1.36. The van der Waals surface area contributed by atoms with Crippen molar-refractivity contribution in [1.82, 2.24) is 14.7 Å². The normalized spacial score (nSPS) is 13.1. The minimum absolute atomic E-state index is 0.436. The second-order valence-corrected chi connectivity index (χ2v) is 4.45. The molecule has 0 saturated carbocycles. The molecule has 17 heavy (non-hydrogen) atoms. The number of carboxylic acid groups (broad SMARTS) is 1. The third kappa shape index (κ3) is 2.85. The standard InChI is InChI=1S/C12H21N3O2/c1-6-11(12(16)17)14(4)7-10-8(2)13-15(5)9(10)3/h11H,6-7H2,1-5H3,(H,16,17). The molecule has 0 aliphatic rings. The van der Waals surface area contributed by atoms with Gasteiger partial charge in [-0.05, 0) is 27.3 Å². The Labute approximate surface area is 102 Å². The van der Waals surface area contributed by atoms with Crippen LogP contribution in [0.15, 0.2) is 0 Å². The molecule has 0 radical (unpaired) electrons. The Bertz CT molecular complexity index is 412. The highest BCUT2D eigenvalue weighted by Gasteiger charge is 2.22. The molecule has 0 aliphatic carbocycles. The smallest absolute Gasteiger partial charge is 0.320 e. The molecular weight excluding hydrogens is 218 g/mol. The topological polar surface area (TPSA) is 58.4 Å². The lowest BCUT2D eigenvalue weighted by Crippen LogP contribution is -2.37. The van der Waals surface area contributed by atoms with Crippen LogP contribution in [0.2, 0.25) is 0 Å². The molecule has 1 aromatic heterocycles. The SMILES string of the molecule is CCC(C(=O)O)N(C)Cc1c(C)nn(C)c1C. The summed E-state index contributed by atoms with van der Waals surface area (Å²) in [6.07, 6.45) is 0.601. The van der Waals surface area contributed by atoms with Gasteiger partial charge in [-0.3, -0.25) is 14.4 Å². The van der Waals surface area contributed by atoms with E-state index in [9.17, 15) is 4.79 Å². The van der Waals surface area contributed by atoms with E-state index in [1.54, 1.807) is 0 Å². The van der Waals surface area contributed by atoms with Crippen molar-refractivity contribution in [3.63, 3.8) is 0 Å². The summed E-state index contributed by atoms with van der Waals surface area (Å²) in [6.45, 7) is 6.47. The van der Waals surface area contributed by atoms with Gasteiger partial charge in [0.1, 0.15) is 6.04 Å². The zero-order valence-corrected chi connectivity index (χ0v) is 11.2. The lowest BCUT2D eigenvalue weighted by molar-refractivity contribution is -0.143. The highest BCUT2D eigenvalue weighted by Crippen LogP contribution is 2.16. The van der Waals surface area contributed by atoms with Crippen molar-refractivity contribution < 1.29 is 9.90 Å². The number of hydrogen-bond acceptors (Lipinski definition) is 3. The number of rotatable bonds is 5. The molecule has 1 unspecified atom stereocenters. The van der Waals surface area contributed by atoms with E-state index < -0.39 is 12.0 Å². The van der Waals surface area contributed by atoms with Crippen molar-refractivity contribution in [2.24, 2.45) is 7.05 Å². The van der Waals surface area contributed by atoms with Gasteiger partial charge in [0.25, 0.3) is 0 Å². The lowest BCUT2D eigenvalue weighted by Gasteiger charge is -2.23. The molecule has 5 heteroatoms. The van der Waals surface area contributed by atoms with Crippen molar-refractivity contribution >= 4 is 5.97 Å². The van der Waals surface area contributed by atoms with Gasteiger partial charge in [0, 0.05) is 24.8 Å². The van der Waals surface area contributed by atoms with E-state index in [-0.39, 0.29) is 0 Å². The Morgan fingerprint density at radius 3 is 2.47 bits per heavy atom. The van der Waals surface area contributed by atoms with E-state index in [0.717, 1.165) is 17.0 Å². The van der Waals surface area contributed by atoms with E-state index in [1.807, 2.05) is 44.4 Å². The van der Waals surface area contributed by atoms with Gasteiger partial charge >= 0.3 is 5.97 Å². The van der Waals surface area contributed by atoms with E-state index >= 15 is 0 Å². The summed E-state index contributed by atoms with van der Waals surface area (Å²) in [6, 6.07) is -0.436. The monoisotopic (exact) mass is 239 g/mol. The fraction of sp³-hybridized carbons (Fsp3) is 0.667. The predicted molar refractivity (Wildman–Crippen MR) is 65.9 cm³/mol. The van der Waals surface area contributed by atoms with Crippen LogP contribution in [-0.2, 0) is 18.4 Å². The van der Waals surface area contributed by atoms with Gasteiger partial charge in [-0.1, -0.05) is 6.92 Å². The second kappa shape index (κ2) is 5.31. The highest BCUT2D eigenvalue weighted by molar-refractivity contribution is 5.73. The van der Waals surface area contributed by atoms with Gasteiger partial charge < -0.3 is 5.11 Å². The van der Waals surface area contributed by atoms with Crippen LogP contribution in [0.5, 0.6) is 0 Å². The van der Waals surface area contributed by atoms with Crippen LogP contribution in [0.25, 0.3) is 0 Å². The maximum atomic E-state index is 11.1. The zero-order chi connectivity index (χ0) is 13.2. The average molecular weight is 239 g/mol. The Morgan fingerprint density at radius 1 is 1.53 bits per heavy atom. The molecule has 0 aliphatic heterocycles. The maximum Gasteiger partial charge on any atom is 0.320 e. The Morgan fingerprint density at radius 2 is 2.12 bits per heavy atom. The van der Waals surface area contributed by atoms with Crippen LogP contribution in [0.4, 0.5) is 0 Å². The zero-order valence-electron chi connectivity index (χ0n) is 11.2. The summed E-state index contributed by atoms with van der Waals surface area (Å²) in [5.74, 6) is -0.769. The van der Waals surface area contributed by atoms with Crippen molar-refractivity contribution in [2.45, 2.75) is 39.8 Å². The van der Waals surface area contributed by atoms with E-state index in [4.69, 9.17) is 5.11 Å². The molecule has 0 amide bonds. The van der Waals surface area contributed by atoms with E-state index in [0.29, 0.717) is 13.0 Å². The highest BCUT2D eigenvalue weighted by atomic mass is 16.4. The Kier molecular flexibility index (Phi) is 4.28. The number of carboxylic acids is 1. The molecule has 0 spiro atoms. The van der Waals surface area contributed by atoms with Gasteiger partial charge in [0.05, 0.1) is 5.69 Å². The third-order valence-corrected chi connectivity index (χ3v) is 3.27. The minimum atomic E-state index is -0.769. The second-order valence-electron chi connectivity index (χ2n) is 4.45. The number of aliphatic carboxylic acids is 1. The number of likely N-dealkylation sites (N-methyl/N-ethyl adjacent to an activating group) is 1. The molecule has 1 N–H and O–H groups in total. The summed E-state index contributed by atoms with van der Waals surface area (Å²) in [5.41, 5.74) is 3.18. The number of hydrogen-bond donors (Lipinski definition) is 1. The first-order valence-corrected chi connectivity index (χ1v) is 5.80. The fourth-order valence-corrected chi connectivity index (χ4v) is 2.08. The summed E-state index contributed by atoms with van der Waals surface area (Å²) < 4.78 is 1.83. The van der Waals surface area contributed by atoms with Crippen LogP contribution in [0.1, 0.15) is 30.3 Å². The van der Waals surface area contributed by atoms with Crippen molar-refractivity contribution in [1.29, 1.82) is 0 Å². The van der Waals surface area contributed by atoms with Crippen molar-refractivity contribution in [2.75, 3.05) is 7.05 Å². The number of aromatic nitrogens is 2. The maximum absolute atomic E-state index is 11.1. The quantitative estimate of drug-likeness (QED) is 0.842. The number of nitrogens with zero attached hydrogens (tertiary/aromatic N) is 3. The van der Waals surface area contributed by atoms with E-state index in [1.165, 1.54) is 0 Å². The van der Waals surface area contributed by atoms with Gasteiger partial charge in [-0.2, -0.15) is 5.10 Å². The van der Waals surface area contributed by atoms with Crippen LogP contribution in [0, 0.1) is 13.8 Å². The first-order valence-electron chi connectivity index (χ1n) is 5.80. The molecule has 1 aromatic rings. The summed E-state index contributed by atoms with van der Waals surface area (Å²) in [5, 5.41) is 13.4. The largest absolute Gasteiger partial charge is 0.480 e. The van der Waals surface area contributed by atoms with Gasteiger partial charge in [0.15, 0.2) is 0 Å². The molecule has 1 atom stereocenters. The molecular formula is C12H21N3O2. The first kappa shape index (κ1) is 13.7. The summed E-state index contributed by atoms with van der Waals surface area (Å²) in [4.78, 5) is 12.9. The molecule has 1 rings (SSSR count). The first-order chi connectivity index (χ1) is 7.88. The number of carbonyl (C=O) groups is 1. The summed E-state index contributed by atoms with van der Waals surface area (Å²) in [7, 11) is 3.74. The van der Waals surface area contributed by atoms with Crippen LogP contribution in [0.3, 0.4) is 0 Å². The molecule has 0 bridgehead atoms. The lowest BCUT2D eigenvalue weighted by atomic mass is 10.1. The average Bonchev–Trinajstić information content (AvgIpc) is 2.45. The predicted octanol–water partition coefficient (Wildman–Crippen LogP) is 1.33. The third-order valence-electron chi connectivity index (χ3n) is 3.27. The van der Waals surface area contributed by atoms with Crippen molar-refractivity contribution in [3.05, 3.63) is 17.0 Å². The molecule has 0 saturated heterocycles. The minimum Gasteiger partial charge on any atom is -0.480 e. The van der Waals surface area contributed by atoms with E-state index in [2.05, 4.69) is 5.10 Å². The van der Waals surface area contributed by atoms with Crippen LogP contribution < -0.4 is 0 Å². The molecule has 5 nitrogen and oxygen atoms in total. The van der Waals surface area contributed by atoms with Crippen LogP contribution >= 0.6 is 0 Å². The molecule has 1 heterocycles. The van der Waals surface area contributed by atoms with Gasteiger partial charge in [0.2, 0.25) is 0 Å². The summed E-state index contributed by atoms with van der Waals surface area (Å²) >= 11 is 0. The van der Waals surface area contributed by atoms with Gasteiger partial charge in [-0.25, -0.2) is 0 Å². The Balaban J connectivity index is 2.87. The fourth-order valence-electron chi connectivity index (χ4n) is 2.08. The molecule has 96 valence electrons. The molecule has 0 aromatic carbocycles. The van der Waals surface area contributed by atoms with Crippen LogP contribution in [-0.4, -0.2) is 38.8 Å². The van der Waals surface area contributed by atoms with Gasteiger partial charge in [-0.15, -0.1) is 0 Å². The molecule has 0 fully saturated rings. The van der Waals surface area contributed by atoms with Crippen molar-refractivity contribution in [3.8, 4) is 0 Å².